The summed E-state index contributed by atoms with van der Waals surface area (Å²) < 4.78 is 6.65. The molecule has 0 bridgehead atoms. The average Bonchev–Trinajstić information content (AvgIpc) is 2.71. The number of hydrogen-bond acceptors (Lipinski definition) is 4. The molecule has 0 aliphatic carbocycles. The van der Waals surface area contributed by atoms with Crippen molar-refractivity contribution in [1.82, 2.24) is 9.78 Å². The predicted molar refractivity (Wildman–Crippen MR) is 61.0 cm³/mol. The molecule has 1 amide bonds. The van der Waals surface area contributed by atoms with Crippen LogP contribution < -0.4 is 11.1 Å². The summed E-state index contributed by atoms with van der Waals surface area (Å²) in [5.41, 5.74) is 5.32. The first kappa shape index (κ1) is 12.7. The van der Waals surface area contributed by atoms with Crippen LogP contribution in [0.5, 0.6) is 0 Å². The Balaban J connectivity index is 2.36. The molecular formula is C10H18N4O2. The van der Waals surface area contributed by atoms with Gasteiger partial charge in [-0.15, -0.1) is 0 Å². The number of methoxy groups -OCH3 is 1. The van der Waals surface area contributed by atoms with Crippen molar-refractivity contribution < 1.29 is 9.53 Å². The van der Waals surface area contributed by atoms with Crippen molar-refractivity contribution in [3.63, 3.8) is 0 Å². The molecule has 0 spiro atoms. The summed E-state index contributed by atoms with van der Waals surface area (Å²) in [5.74, 6) is 0.514. The predicted octanol–water partition coefficient (Wildman–Crippen LogP) is 0.207. The Kier molecular flexibility index (Phi) is 5.52. The van der Waals surface area contributed by atoms with Crippen LogP contribution in [0.4, 0.5) is 5.82 Å². The van der Waals surface area contributed by atoms with Crippen LogP contribution in [0, 0.1) is 0 Å². The second-order valence-electron chi connectivity index (χ2n) is 3.40. The van der Waals surface area contributed by atoms with Crippen molar-refractivity contribution in [3.05, 3.63) is 12.3 Å². The molecule has 16 heavy (non-hydrogen) atoms. The molecule has 0 radical (unpaired) electrons. The lowest BCUT2D eigenvalue weighted by Gasteiger charge is -2.01. The van der Waals surface area contributed by atoms with Gasteiger partial charge in [-0.1, -0.05) is 0 Å². The first-order valence-corrected chi connectivity index (χ1v) is 5.28. The fraction of sp³-hybridized carbons (Fsp3) is 0.600. The van der Waals surface area contributed by atoms with Gasteiger partial charge in [-0.25, -0.2) is 0 Å². The number of carbonyl (C=O) groups excluding carboxylic acids is 1. The zero-order valence-corrected chi connectivity index (χ0v) is 9.48. The molecule has 0 unspecified atom stereocenters. The zero-order chi connectivity index (χ0) is 11.8. The third kappa shape index (κ3) is 4.41. The SMILES string of the molecule is COCCn1ccc(NC(=O)CCCN)n1. The quantitative estimate of drug-likeness (QED) is 0.696. The van der Waals surface area contributed by atoms with Gasteiger partial charge in [0, 0.05) is 25.8 Å². The molecule has 0 aliphatic heterocycles. The summed E-state index contributed by atoms with van der Waals surface area (Å²) in [6.45, 7) is 1.80. The van der Waals surface area contributed by atoms with E-state index in [1.165, 1.54) is 0 Å². The van der Waals surface area contributed by atoms with Gasteiger partial charge in [0.25, 0.3) is 0 Å². The first-order chi connectivity index (χ1) is 7.76. The Morgan fingerprint density at radius 2 is 2.50 bits per heavy atom. The van der Waals surface area contributed by atoms with Crippen LogP contribution in [0.1, 0.15) is 12.8 Å². The lowest BCUT2D eigenvalue weighted by atomic mass is 10.3. The van der Waals surface area contributed by atoms with Gasteiger partial charge in [-0.2, -0.15) is 5.10 Å². The second-order valence-corrected chi connectivity index (χ2v) is 3.40. The number of amides is 1. The highest BCUT2D eigenvalue weighted by Crippen LogP contribution is 2.03. The molecule has 1 heterocycles. The minimum Gasteiger partial charge on any atom is -0.383 e. The topological polar surface area (TPSA) is 82.2 Å². The van der Waals surface area contributed by atoms with Crippen LogP contribution >= 0.6 is 0 Å². The maximum absolute atomic E-state index is 11.4. The Bertz CT molecular complexity index is 324. The summed E-state index contributed by atoms with van der Waals surface area (Å²) in [6.07, 6.45) is 2.93. The van der Waals surface area contributed by atoms with Crippen LogP contribution in [-0.2, 0) is 16.1 Å². The Hall–Kier alpha value is -1.40. The van der Waals surface area contributed by atoms with Gasteiger partial charge in [0.15, 0.2) is 5.82 Å². The van der Waals surface area contributed by atoms with Gasteiger partial charge < -0.3 is 15.8 Å². The Morgan fingerprint density at radius 1 is 1.69 bits per heavy atom. The maximum Gasteiger partial charge on any atom is 0.225 e. The van der Waals surface area contributed by atoms with Crippen molar-refractivity contribution in [2.24, 2.45) is 5.73 Å². The lowest BCUT2D eigenvalue weighted by molar-refractivity contribution is -0.116. The monoisotopic (exact) mass is 226 g/mol. The van der Waals surface area contributed by atoms with Crippen LogP contribution in [0.15, 0.2) is 12.3 Å². The number of rotatable bonds is 7. The number of aromatic nitrogens is 2. The third-order valence-electron chi connectivity index (χ3n) is 2.04. The molecule has 6 nitrogen and oxygen atoms in total. The van der Waals surface area contributed by atoms with Gasteiger partial charge >= 0.3 is 0 Å². The average molecular weight is 226 g/mol. The number of nitrogens with one attached hydrogen (secondary N) is 1. The molecule has 6 heteroatoms. The fourth-order valence-corrected chi connectivity index (χ4v) is 1.21. The van der Waals surface area contributed by atoms with Crippen molar-refractivity contribution in [2.45, 2.75) is 19.4 Å². The molecule has 0 aliphatic rings. The van der Waals surface area contributed by atoms with E-state index in [2.05, 4.69) is 10.4 Å². The summed E-state index contributed by atoms with van der Waals surface area (Å²) >= 11 is 0. The molecule has 1 aromatic rings. The van der Waals surface area contributed by atoms with Crippen molar-refractivity contribution >= 4 is 11.7 Å². The molecule has 0 saturated heterocycles. The number of nitrogens with two attached hydrogens (primary N) is 1. The van der Waals surface area contributed by atoms with Gasteiger partial charge in [0.05, 0.1) is 13.2 Å². The third-order valence-corrected chi connectivity index (χ3v) is 2.04. The van der Waals surface area contributed by atoms with E-state index in [0.29, 0.717) is 38.4 Å². The normalized spacial score (nSPS) is 10.4. The number of nitrogens with zero attached hydrogens (tertiary/aromatic N) is 2. The molecular weight excluding hydrogens is 208 g/mol. The lowest BCUT2D eigenvalue weighted by Crippen LogP contribution is -2.14. The Morgan fingerprint density at radius 3 is 3.19 bits per heavy atom. The van der Waals surface area contributed by atoms with Gasteiger partial charge in [-0.3, -0.25) is 9.48 Å². The first-order valence-electron chi connectivity index (χ1n) is 5.28. The summed E-state index contributed by atoms with van der Waals surface area (Å²) in [6, 6.07) is 1.76. The fourth-order valence-electron chi connectivity index (χ4n) is 1.21. The minimum absolute atomic E-state index is 0.0533. The van der Waals surface area contributed by atoms with Crippen LogP contribution in [-0.4, -0.2) is 35.9 Å². The van der Waals surface area contributed by atoms with Gasteiger partial charge in [-0.05, 0) is 13.0 Å². The van der Waals surface area contributed by atoms with E-state index in [0.717, 1.165) is 0 Å². The van der Waals surface area contributed by atoms with Crippen LogP contribution in [0.2, 0.25) is 0 Å². The molecule has 0 fully saturated rings. The summed E-state index contributed by atoms with van der Waals surface area (Å²) in [7, 11) is 1.64. The summed E-state index contributed by atoms with van der Waals surface area (Å²) in [5, 5.41) is 6.88. The number of anilines is 1. The van der Waals surface area contributed by atoms with Crippen molar-refractivity contribution in [1.29, 1.82) is 0 Å². The molecule has 3 N–H and O–H groups in total. The zero-order valence-electron chi connectivity index (χ0n) is 9.48. The summed E-state index contributed by atoms with van der Waals surface area (Å²) in [4.78, 5) is 11.4. The number of carbonyl (C=O) groups is 1. The smallest absolute Gasteiger partial charge is 0.225 e. The highest BCUT2D eigenvalue weighted by atomic mass is 16.5. The highest BCUT2D eigenvalue weighted by molar-refractivity contribution is 5.89. The van der Waals surface area contributed by atoms with E-state index in [4.69, 9.17) is 10.5 Å². The largest absolute Gasteiger partial charge is 0.383 e. The minimum atomic E-state index is -0.0533. The molecule has 1 aromatic heterocycles. The molecule has 0 atom stereocenters. The van der Waals surface area contributed by atoms with E-state index in [-0.39, 0.29) is 5.91 Å². The van der Waals surface area contributed by atoms with E-state index >= 15 is 0 Å². The van der Waals surface area contributed by atoms with E-state index in [1.54, 1.807) is 24.1 Å². The molecule has 1 rings (SSSR count). The van der Waals surface area contributed by atoms with Crippen molar-refractivity contribution in [2.75, 3.05) is 25.6 Å². The van der Waals surface area contributed by atoms with Gasteiger partial charge in [0.2, 0.25) is 5.91 Å². The van der Waals surface area contributed by atoms with Crippen molar-refractivity contribution in [3.8, 4) is 0 Å². The van der Waals surface area contributed by atoms with Gasteiger partial charge in [0.1, 0.15) is 0 Å². The second kappa shape index (κ2) is 6.97. The van der Waals surface area contributed by atoms with E-state index in [9.17, 15) is 4.79 Å². The van der Waals surface area contributed by atoms with E-state index < -0.39 is 0 Å². The van der Waals surface area contributed by atoms with Crippen LogP contribution in [0.3, 0.4) is 0 Å². The Labute approximate surface area is 94.8 Å². The molecule has 0 saturated carbocycles. The van der Waals surface area contributed by atoms with E-state index in [1.807, 2.05) is 0 Å². The highest BCUT2D eigenvalue weighted by Gasteiger charge is 2.04. The maximum atomic E-state index is 11.4. The van der Waals surface area contributed by atoms with Crippen LogP contribution in [0.25, 0.3) is 0 Å². The molecule has 90 valence electrons. The molecule has 0 aromatic carbocycles. The number of hydrogen-bond donors (Lipinski definition) is 2. The standard InChI is InChI=1S/C10H18N4O2/c1-16-8-7-14-6-4-9(13-14)12-10(15)3-2-5-11/h4,6H,2-3,5,7-8,11H2,1H3,(H,12,13,15). The number of ether oxygens (including phenoxy) is 1.